The zero-order valence-electron chi connectivity index (χ0n) is 14.1. The van der Waals surface area contributed by atoms with Gasteiger partial charge >= 0.3 is 0 Å². The van der Waals surface area contributed by atoms with Crippen molar-refractivity contribution in [2.75, 3.05) is 20.2 Å². The fraction of sp³-hybridized carbons (Fsp3) is 0.350. The van der Waals surface area contributed by atoms with Crippen molar-refractivity contribution in [3.63, 3.8) is 0 Å². The Kier molecular flexibility index (Phi) is 4.49. The van der Waals surface area contributed by atoms with Crippen LogP contribution in [0.15, 0.2) is 36.4 Å². The van der Waals surface area contributed by atoms with E-state index >= 15 is 0 Å². The molecule has 0 amide bonds. The second-order valence-electron chi connectivity index (χ2n) is 6.29. The molecule has 0 unspecified atom stereocenters. The number of ketones is 1. The highest BCUT2D eigenvalue weighted by Crippen LogP contribution is 2.24. The molecule has 2 aromatic carbocycles. The zero-order valence-corrected chi connectivity index (χ0v) is 14.1. The van der Waals surface area contributed by atoms with Crippen LogP contribution in [0.25, 0.3) is 0 Å². The molecule has 0 fully saturated rings. The molecule has 3 rings (SSSR count). The Balaban J connectivity index is 1.74. The van der Waals surface area contributed by atoms with Gasteiger partial charge in [-0.15, -0.1) is 0 Å². The number of hydrogen-bond donors (Lipinski definition) is 0. The molecule has 1 heterocycles. The second kappa shape index (κ2) is 6.55. The van der Waals surface area contributed by atoms with Crippen molar-refractivity contribution in [2.24, 2.45) is 0 Å². The van der Waals surface area contributed by atoms with Gasteiger partial charge in [-0.3, -0.25) is 9.69 Å². The van der Waals surface area contributed by atoms with Gasteiger partial charge in [0.25, 0.3) is 0 Å². The number of carbonyl (C=O) groups is 1. The topological polar surface area (TPSA) is 29.5 Å². The highest BCUT2D eigenvalue weighted by Gasteiger charge is 2.20. The monoisotopic (exact) mass is 309 g/mol. The molecule has 0 bridgehead atoms. The maximum Gasteiger partial charge on any atom is 0.177 e. The highest BCUT2D eigenvalue weighted by molar-refractivity contribution is 5.99. The SMILES string of the molecule is COc1cc(C)c(C(=O)CN2CCc3ccccc3C2)cc1C. The zero-order chi connectivity index (χ0) is 16.4. The Bertz CT molecular complexity index is 736. The maximum atomic E-state index is 12.7. The number of methoxy groups -OCH3 is 1. The highest BCUT2D eigenvalue weighted by atomic mass is 16.5. The number of Topliss-reactive ketones (excluding diaryl/α,β-unsaturated/α-hetero) is 1. The van der Waals surface area contributed by atoms with E-state index in [0.717, 1.165) is 42.0 Å². The standard InChI is InChI=1S/C20H23NO2/c1-14-11-20(23-3)15(2)10-18(14)19(22)13-21-9-8-16-6-4-5-7-17(16)12-21/h4-7,10-11H,8-9,12-13H2,1-3H3. The average Bonchev–Trinajstić information content (AvgIpc) is 2.56. The van der Waals surface area contributed by atoms with Gasteiger partial charge in [-0.2, -0.15) is 0 Å². The van der Waals surface area contributed by atoms with Gasteiger partial charge in [0.15, 0.2) is 5.78 Å². The molecule has 0 aromatic heterocycles. The Hall–Kier alpha value is -2.13. The Labute approximate surface area is 137 Å². The largest absolute Gasteiger partial charge is 0.496 e. The third-order valence-electron chi connectivity index (χ3n) is 4.62. The van der Waals surface area contributed by atoms with E-state index in [2.05, 4.69) is 29.2 Å². The molecule has 1 aliphatic heterocycles. The quantitative estimate of drug-likeness (QED) is 0.809. The number of ether oxygens (including phenoxy) is 1. The number of nitrogens with zero attached hydrogens (tertiary/aromatic N) is 1. The van der Waals surface area contributed by atoms with Crippen molar-refractivity contribution in [3.05, 3.63) is 64.2 Å². The van der Waals surface area contributed by atoms with Gasteiger partial charge in [-0.1, -0.05) is 24.3 Å². The summed E-state index contributed by atoms with van der Waals surface area (Å²) in [6.45, 7) is 6.22. The summed E-state index contributed by atoms with van der Waals surface area (Å²) in [5.41, 5.74) is 5.55. The van der Waals surface area contributed by atoms with Crippen molar-refractivity contribution in [1.29, 1.82) is 0 Å². The molecular formula is C20H23NO2. The minimum absolute atomic E-state index is 0.188. The Morgan fingerprint density at radius 3 is 2.61 bits per heavy atom. The first-order valence-electron chi connectivity index (χ1n) is 8.06. The van der Waals surface area contributed by atoms with Crippen molar-refractivity contribution in [1.82, 2.24) is 4.90 Å². The molecule has 3 nitrogen and oxygen atoms in total. The van der Waals surface area contributed by atoms with Crippen LogP contribution in [0.3, 0.4) is 0 Å². The lowest BCUT2D eigenvalue weighted by Gasteiger charge is -2.28. The molecular weight excluding hydrogens is 286 g/mol. The van der Waals surface area contributed by atoms with Crippen LogP contribution in [0.2, 0.25) is 0 Å². The minimum atomic E-state index is 0.188. The molecule has 23 heavy (non-hydrogen) atoms. The van der Waals surface area contributed by atoms with E-state index in [1.165, 1.54) is 11.1 Å². The van der Waals surface area contributed by atoms with E-state index in [4.69, 9.17) is 4.74 Å². The van der Waals surface area contributed by atoms with E-state index in [-0.39, 0.29) is 5.78 Å². The lowest BCUT2D eigenvalue weighted by atomic mass is 9.98. The molecule has 0 atom stereocenters. The normalized spacial score (nSPS) is 14.4. The van der Waals surface area contributed by atoms with E-state index in [1.54, 1.807) is 7.11 Å². The third-order valence-corrected chi connectivity index (χ3v) is 4.62. The van der Waals surface area contributed by atoms with E-state index in [1.807, 2.05) is 26.0 Å². The predicted octanol–water partition coefficient (Wildman–Crippen LogP) is 3.55. The smallest absolute Gasteiger partial charge is 0.177 e. The predicted molar refractivity (Wildman–Crippen MR) is 92.2 cm³/mol. The summed E-state index contributed by atoms with van der Waals surface area (Å²) in [4.78, 5) is 15.0. The van der Waals surface area contributed by atoms with Gasteiger partial charge in [-0.05, 0) is 54.7 Å². The van der Waals surface area contributed by atoms with Crippen molar-refractivity contribution in [3.8, 4) is 5.75 Å². The molecule has 0 saturated carbocycles. The molecule has 3 heteroatoms. The summed E-state index contributed by atoms with van der Waals surface area (Å²) in [5, 5.41) is 0. The lowest BCUT2D eigenvalue weighted by molar-refractivity contribution is 0.0921. The van der Waals surface area contributed by atoms with Crippen LogP contribution in [-0.4, -0.2) is 30.9 Å². The molecule has 0 N–H and O–H groups in total. The number of fused-ring (bicyclic) bond motifs is 1. The van der Waals surface area contributed by atoms with Crippen LogP contribution >= 0.6 is 0 Å². The van der Waals surface area contributed by atoms with Crippen LogP contribution in [-0.2, 0) is 13.0 Å². The van der Waals surface area contributed by atoms with Crippen LogP contribution < -0.4 is 4.74 Å². The number of rotatable bonds is 4. The van der Waals surface area contributed by atoms with Crippen LogP contribution in [0, 0.1) is 13.8 Å². The molecule has 2 aromatic rings. The molecule has 0 spiro atoms. The number of aryl methyl sites for hydroxylation is 2. The van der Waals surface area contributed by atoms with Crippen LogP contribution in [0.4, 0.5) is 0 Å². The van der Waals surface area contributed by atoms with Crippen molar-refractivity contribution in [2.45, 2.75) is 26.8 Å². The lowest BCUT2D eigenvalue weighted by Crippen LogP contribution is -2.35. The van der Waals surface area contributed by atoms with Gasteiger partial charge in [0.2, 0.25) is 0 Å². The molecule has 0 saturated heterocycles. The van der Waals surface area contributed by atoms with E-state index < -0.39 is 0 Å². The van der Waals surface area contributed by atoms with Gasteiger partial charge in [-0.25, -0.2) is 0 Å². The first-order chi connectivity index (χ1) is 11.1. The Morgan fingerprint density at radius 1 is 1.13 bits per heavy atom. The van der Waals surface area contributed by atoms with Crippen molar-refractivity contribution >= 4 is 5.78 Å². The molecule has 120 valence electrons. The summed E-state index contributed by atoms with van der Waals surface area (Å²) < 4.78 is 5.33. The summed E-state index contributed by atoms with van der Waals surface area (Å²) >= 11 is 0. The van der Waals surface area contributed by atoms with Gasteiger partial charge in [0, 0.05) is 18.7 Å². The second-order valence-corrected chi connectivity index (χ2v) is 6.29. The summed E-state index contributed by atoms with van der Waals surface area (Å²) in [6, 6.07) is 12.4. The number of benzene rings is 2. The average molecular weight is 309 g/mol. The van der Waals surface area contributed by atoms with E-state index in [0.29, 0.717) is 6.54 Å². The first kappa shape index (κ1) is 15.8. The molecule has 1 aliphatic rings. The maximum absolute atomic E-state index is 12.7. The fourth-order valence-electron chi connectivity index (χ4n) is 3.29. The third kappa shape index (κ3) is 3.30. The van der Waals surface area contributed by atoms with Gasteiger partial charge in [0.05, 0.1) is 13.7 Å². The summed E-state index contributed by atoms with van der Waals surface area (Å²) in [6.07, 6.45) is 1.02. The molecule has 0 aliphatic carbocycles. The number of hydrogen-bond acceptors (Lipinski definition) is 3. The fourth-order valence-corrected chi connectivity index (χ4v) is 3.29. The van der Waals surface area contributed by atoms with Gasteiger partial charge < -0.3 is 4.74 Å². The summed E-state index contributed by atoms with van der Waals surface area (Å²) in [7, 11) is 1.66. The minimum Gasteiger partial charge on any atom is -0.496 e. The van der Waals surface area contributed by atoms with Gasteiger partial charge in [0.1, 0.15) is 5.75 Å². The number of carbonyl (C=O) groups excluding carboxylic acids is 1. The van der Waals surface area contributed by atoms with Crippen LogP contribution in [0.5, 0.6) is 5.75 Å². The molecule has 0 radical (unpaired) electrons. The first-order valence-corrected chi connectivity index (χ1v) is 8.06. The van der Waals surface area contributed by atoms with E-state index in [9.17, 15) is 4.79 Å². The Morgan fingerprint density at radius 2 is 1.87 bits per heavy atom. The van der Waals surface area contributed by atoms with Crippen molar-refractivity contribution < 1.29 is 9.53 Å². The summed E-state index contributed by atoms with van der Waals surface area (Å²) in [5.74, 6) is 1.03. The van der Waals surface area contributed by atoms with Crippen LogP contribution in [0.1, 0.15) is 32.6 Å².